The van der Waals surface area contributed by atoms with E-state index in [9.17, 15) is 8.78 Å². The van der Waals surface area contributed by atoms with Crippen LogP contribution < -0.4 is 4.74 Å². The van der Waals surface area contributed by atoms with E-state index in [0.29, 0.717) is 17.5 Å². The lowest BCUT2D eigenvalue weighted by molar-refractivity contribution is -0.225. The van der Waals surface area contributed by atoms with E-state index in [0.717, 1.165) is 43.4 Å². The van der Waals surface area contributed by atoms with Crippen LogP contribution in [0, 0.1) is 29.5 Å². The average Bonchev–Trinajstić information content (AvgIpc) is 2.75. The monoisotopic (exact) mass is 422 g/mol. The standard InChI is InChI=1S/C26H37F3O/c1-3-5-17-6-8-18(9-7-17)19-10-12-20(13-11-19)23-15-14-21-16-22(4-2)26(28,29)30-25(21)24(23)27/h14-15,17-20,22H,3-13,16H2,1-2H3. The van der Waals surface area contributed by atoms with Crippen LogP contribution in [0.3, 0.4) is 0 Å². The van der Waals surface area contributed by atoms with Gasteiger partial charge < -0.3 is 4.74 Å². The fourth-order valence-electron chi connectivity index (χ4n) is 6.44. The van der Waals surface area contributed by atoms with E-state index in [2.05, 4.69) is 6.92 Å². The van der Waals surface area contributed by atoms with Gasteiger partial charge in [0.05, 0.1) is 5.92 Å². The van der Waals surface area contributed by atoms with Gasteiger partial charge in [0.15, 0.2) is 11.6 Å². The first kappa shape index (κ1) is 22.0. The maximum atomic E-state index is 15.2. The third kappa shape index (κ3) is 4.39. The molecule has 0 saturated heterocycles. The van der Waals surface area contributed by atoms with E-state index in [1.807, 2.05) is 12.1 Å². The van der Waals surface area contributed by atoms with Gasteiger partial charge in [0.2, 0.25) is 0 Å². The first-order chi connectivity index (χ1) is 14.4. The lowest BCUT2D eigenvalue weighted by atomic mass is 9.68. The summed E-state index contributed by atoms with van der Waals surface area (Å²) in [6.45, 7) is 4.01. The van der Waals surface area contributed by atoms with E-state index in [1.54, 1.807) is 6.92 Å². The SMILES string of the molecule is CCCC1CCC(C2CCC(c3ccc4c(c3F)OC(F)(F)C(CC)C4)CC2)CC1. The summed E-state index contributed by atoms with van der Waals surface area (Å²) in [7, 11) is 0. The van der Waals surface area contributed by atoms with Gasteiger partial charge in [-0.05, 0) is 86.2 Å². The van der Waals surface area contributed by atoms with E-state index >= 15 is 4.39 Å². The van der Waals surface area contributed by atoms with Crippen molar-refractivity contribution in [2.24, 2.45) is 23.7 Å². The highest BCUT2D eigenvalue weighted by molar-refractivity contribution is 5.43. The van der Waals surface area contributed by atoms with Crippen molar-refractivity contribution in [1.82, 2.24) is 0 Å². The number of rotatable bonds is 5. The molecule has 0 N–H and O–H groups in total. The number of benzene rings is 1. The summed E-state index contributed by atoms with van der Waals surface area (Å²) >= 11 is 0. The van der Waals surface area contributed by atoms with Crippen molar-refractivity contribution in [3.8, 4) is 5.75 Å². The van der Waals surface area contributed by atoms with Gasteiger partial charge in [-0.1, -0.05) is 51.7 Å². The maximum absolute atomic E-state index is 15.2. The van der Waals surface area contributed by atoms with Gasteiger partial charge in [0, 0.05) is 0 Å². The molecule has 3 aliphatic rings. The summed E-state index contributed by atoms with van der Waals surface area (Å²) in [6.07, 6.45) is 9.55. The second-order valence-corrected chi connectivity index (χ2v) is 10.1. The Kier molecular flexibility index (Phi) is 6.70. The van der Waals surface area contributed by atoms with Crippen molar-refractivity contribution in [3.63, 3.8) is 0 Å². The smallest absolute Gasteiger partial charge is 0.401 e. The number of hydrogen-bond acceptors (Lipinski definition) is 1. The molecule has 2 fully saturated rings. The van der Waals surface area contributed by atoms with Crippen LogP contribution in [0.1, 0.15) is 102 Å². The molecule has 0 bridgehead atoms. The fraction of sp³-hybridized carbons (Fsp3) is 0.769. The molecule has 1 heterocycles. The number of ether oxygens (including phenoxy) is 1. The fourth-order valence-corrected chi connectivity index (χ4v) is 6.44. The summed E-state index contributed by atoms with van der Waals surface area (Å²) in [5, 5.41) is 0. The molecule has 30 heavy (non-hydrogen) atoms. The normalized spacial score (nSPS) is 33.6. The first-order valence-electron chi connectivity index (χ1n) is 12.3. The van der Waals surface area contributed by atoms with Crippen LogP contribution in [0.15, 0.2) is 12.1 Å². The van der Waals surface area contributed by atoms with Crippen molar-refractivity contribution in [2.75, 3.05) is 0 Å². The Labute approximate surface area is 179 Å². The molecule has 4 heteroatoms. The quantitative estimate of drug-likeness (QED) is 0.464. The molecule has 1 unspecified atom stereocenters. The van der Waals surface area contributed by atoms with Crippen LogP contribution in [0.25, 0.3) is 0 Å². The molecular weight excluding hydrogens is 385 g/mol. The molecule has 1 aromatic rings. The predicted octanol–water partition coefficient (Wildman–Crippen LogP) is 8.26. The molecule has 168 valence electrons. The van der Waals surface area contributed by atoms with Gasteiger partial charge >= 0.3 is 6.11 Å². The summed E-state index contributed by atoms with van der Waals surface area (Å²) in [5.41, 5.74) is 1.18. The molecular formula is C26H37F3O. The van der Waals surface area contributed by atoms with Crippen LogP contribution in [0.5, 0.6) is 5.75 Å². The van der Waals surface area contributed by atoms with E-state index in [1.165, 1.54) is 38.5 Å². The number of fused-ring (bicyclic) bond motifs is 1. The molecule has 1 atom stereocenters. The zero-order valence-electron chi connectivity index (χ0n) is 18.6. The summed E-state index contributed by atoms with van der Waals surface area (Å²) in [5.74, 6) is 1.04. The average molecular weight is 423 g/mol. The Bertz CT molecular complexity index is 715. The topological polar surface area (TPSA) is 9.23 Å². The van der Waals surface area contributed by atoms with Crippen molar-refractivity contribution in [3.05, 3.63) is 29.1 Å². The third-order valence-electron chi connectivity index (χ3n) is 8.35. The summed E-state index contributed by atoms with van der Waals surface area (Å²) in [4.78, 5) is 0. The maximum Gasteiger partial charge on any atom is 0.401 e. The minimum Gasteiger partial charge on any atom is -0.429 e. The van der Waals surface area contributed by atoms with Gasteiger partial charge in [-0.25, -0.2) is 4.39 Å². The summed E-state index contributed by atoms with van der Waals surface area (Å²) in [6, 6.07) is 3.67. The lowest BCUT2D eigenvalue weighted by Gasteiger charge is -2.38. The van der Waals surface area contributed by atoms with E-state index in [4.69, 9.17) is 4.74 Å². The largest absolute Gasteiger partial charge is 0.429 e. The second kappa shape index (κ2) is 9.12. The Balaban J connectivity index is 1.39. The number of alkyl halides is 2. The highest BCUT2D eigenvalue weighted by Gasteiger charge is 2.46. The zero-order valence-corrected chi connectivity index (χ0v) is 18.6. The number of hydrogen-bond donors (Lipinski definition) is 0. The van der Waals surface area contributed by atoms with Gasteiger partial charge in [-0.3, -0.25) is 0 Å². The molecule has 1 aromatic carbocycles. The third-order valence-corrected chi connectivity index (χ3v) is 8.35. The Morgan fingerprint density at radius 2 is 1.57 bits per heavy atom. The molecule has 0 aromatic heterocycles. The van der Waals surface area contributed by atoms with E-state index in [-0.39, 0.29) is 18.1 Å². The van der Waals surface area contributed by atoms with Crippen LogP contribution in [-0.2, 0) is 6.42 Å². The number of halogens is 3. The first-order valence-corrected chi connectivity index (χ1v) is 12.3. The lowest BCUT2D eigenvalue weighted by Crippen LogP contribution is -2.39. The second-order valence-electron chi connectivity index (χ2n) is 10.1. The Morgan fingerprint density at radius 3 is 2.17 bits per heavy atom. The van der Waals surface area contributed by atoms with Crippen molar-refractivity contribution >= 4 is 0 Å². The van der Waals surface area contributed by atoms with Crippen LogP contribution >= 0.6 is 0 Å². The minimum atomic E-state index is -3.28. The molecule has 2 saturated carbocycles. The highest BCUT2D eigenvalue weighted by Crippen LogP contribution is 2.48. The van der Waals surface area contributed by atoms with Crippen molar-refractivity contribution in [2.45, 2.75) is 103 Å². The van der Waals surface area contributed by atoms with Gasteiger partial charge in [0.25, 0.3) is 0 Å². The zero-order chi connectivity index (χ0) is 21.3. The molecule has 4 rings (SSSR count). The Hall–Kier alpha value is -1.19. The molecule has 0 spiro atoms. The van der Waals surface area contributed by atoms with Crippen LogP contribution in [0.2, 0.25) is 0 Å². The molecule has 0 radical (unpaired) electrons. The molecule has 1 aliphatic heterocycles. The molecule has 1 nitrogen and oxygen atoms in total. The highest BCUT2D eigenvalue weighted by atomic mass is 19.3. The van der Waals surface area contributed by atoms with E-state index < -0.39 is 17.8 Å². The van der Waals surface area contributed by atoms with Gasteiger partial charge in [-0.2, -0.15) is 8.78 Å². The Morgan fingerprint density at radius 1 is 0.933 bits per heavy atom. The summed E-state index contributed by atoms with van der Waals surface area (Å²) < 4.78 is 48.6. The van der Waals surface area contributed by atoms with Crippen LogP contribution in [-0.4, -0.2) is 6.11 Å². The minimum absolute atomic E-state index is 0.129. The van der Waals surface area contributed by atoms with Crippen LogP contribution in [0.4, 0.5) is 13.2 Å². The molecule has 0 amide bonds. The molecule has 2 aliphatic carbocycles. The van der Waals surface area contributed by atoms with Gasteiger partial charge in [-0.15, -0.1) is 0 Å². The van der Waals surface area contributed by atoms with Crippen molar-refractivity contribution in [1.29, 1.82) is 0 Å². The predicted molar refractivity (Wildman–Crippen MR) is 115 cm³/mol. The van der Waals surface area contributed by atoms with Crippen molar-refractivity contribution < 1.29 is 17.9 Å². The van der Waals surface area contributed by atoms with Gasteiger partial charge in [0.1, 0.15) is 0 Å².